The van der Waals surface area contributed by atoms with E-state index in [1.165, 1.54) is 6.92 Å². The number of carbonyl (C=O) groups excluding carboxylic acids is 2. The van der Waals surface area contributed by atoms with Crippen LogP contribution in [0.3, 0.4) is 0 Å². The fraction of sp³-hybridized carbons (Fsp3) is 0.467. The van der Waals surface area contributed by atoms with Crippen LogP contribution in [0, 0.1) is 5.92 Å². The summed E-state index contributed by atoms with van der Waals surface area (Å²) < 4.78 is 5.63. The van der Waals surface area contributed by atoms with Gasteiger partial charge in [0.05, 0.1) is 11.8 Å². The summed E-state index contributed by atoms with van der Waals surface area (Å²) >= 11 is 0. The maximum Gasteiger partial charge on any atom is 0.227 e. The van der Waals surface area contributed by atoms with E-state index < -0.39 is 0 Å². The van der Waals surface area contributed by atoms with E-state index in [0.717, 1.165) is 0 Å². The van der Waals surface area contributed by atoms with Crippen LogP contribution >= 0.6 is 0 Å². The van der Waals surface area contributed by atoms with Gasteiger partial charge in [0, 0.05) is 11.5 Å². The molecule has 4 heteroatoms. The Kier molecular flexibility index (Phi) is 5.10. The highest BCUT2D eigenvalue weighted by molar-refractivity contribution is 5.98. The molecule has 1 aromatic rings. The van der Waals surface area contributed by atoms with Gasteiger partial charge in [-0.15, -0.1) is 0 Å². The number of benzene rings is 1. The van der Waals surface area contributed by atoms with Gasteiger partial charge in [0.15, 0.2) is 5.78 Å². The lowest BCUT2D eigenvalue weighted by Gasteiger charge is -2.16. The van der Waals surface area contributed by atoms with Crippen molar-refractivity contribution in [3.63, 3.8) is 0 Å². The summed E-state index contributed by atoms with van der Waals surface area (Å²) in [6.07, 6.45) is -0.00196. The van der Waals surface area contributed by atoms with Crippen molar-refractivity contribution in [2.75, 3.05) is 5.32 Å². The highest BCUT2D eigenvalue weighted by atomic mass is 16.5. The number of amides is 1. The van der Waals surface area contributed by atoms with Crippen LogP contribution in [0.2, 0.25) is 0 Å². The summed E-state index contributed by atoms with van der Waals surface area (Å²) in [5.74, 6) is 0.298. The highest BCUT2D eigenvalue weighted by Gasteiger charge is 2.13. The molecule has 104 valence electrons. The van der Waals surface area contributed by atoms with Crippen molar-refractivity contribution in [1.82, 2.24) is 0 Å². The van der Waals surface area contributed by atoms with Crippen LogP contribution in [0.15, 0.2) is 18.2 Å². The van der Waals surface area contributed by atoms with Gasteiger partial charge in [-0.2, -0.15) is 0 Å². The molecule has 0 atom stereocenters. The third-order valence-corrected chi connectivity index (χ3v) is 2.53. The minimum absolute atomic E-state index is 0.00196. The smallest absolute Gasteiger partial charge is 0.227 e. The second-order valence-corrected chi connectivity index (χ2v) is 5.08. The molecule has 0 spiro atoms. The first kappa shape index (κ1) is 15.2. The topological polar surface area (TPSA) is 55.4 Å². The fourth-order valence-electron chi connectivity index (χ4n) is 1.48. The standard InChI is InChI=1S/C15H21NO3/c1-9(2)15(18)16-13-8-12(11(5)17)6-7-14(13)19-10(3)4/h6-10H,1-5H3,(H,16,18). The van der Waals surface area contributed by atoms with Crippen molar-refractivity contribution in [3.8, 4) is 5.75 Å². The average Bonchev–Trinajstić information content (AvgIpc) is 2.30. The molecule has 0 saturated heterocycles. The predicted octanol–water partition coefficient (Wildman–Crippen LogP) is 3.27. The van der Waals surface area contributed by atoms with Crippen molar-refractivity contribution < 1.29 is 14.3 Å². The summed E-state index contributed by atoms with van der Waals surface area (Å²) in [5.41, 5.74) is 1.09. The Morgan fingerprint density at radius 3 is 2.26 bits per heavy atom. The molecule has 19 heavy (non-hydrogen) atoms. The number of ether oxygens (including phenoxy) is 1. The first-order valence-electron chi connectivity index (χ1n) is 6.43. The Morgan fingerprint density at radius 2 is 1.79 bits per heavy atom. The number of ketones is 1. The zero-order valence-corrected chi connectivity index (χ0v) is 12.1. The molecule has 0 aliphatic rings. The molecule has 4 nitrogen and oxygen atoms in total. The van der Waals surface area contributed by atoms with E-state index in [9.17, 15) is 9.59 Å². The predicted molar refractivity (Wildman–Crippen MR) is 75.7 cm³/mol. The van der Waals surface area contributed by atoms with E-state index >= 15 is 0 Å². The monoisotopic (exact) mass is 263 g/mol. The average molecular weight is 263 g/mol. The third-order valence-electron chi connectivity index (χ3n) is 2.53. The molecular weight excluding hydrogens is 242 g/mol. The van der Waals surface area contributed by atoms with Crippen molar-refractivity contribution in [2.45, 2.75) is 40.7 Å². The van der Waals surface area contributed by atoms with Gasteiger partial charge in [0.1, 0.15) is 5.75 Å². The van der Waals surface area contributed by atoms with Crippen molar-refractivity contribution in [2.24, 2.45) is 5.92 Å². The van der Waals surface area contributed by atoms with Gasteiger partial charge in [-0.05, 0) is 39.0 Å². The SMILES string of the molecule is CC(=O)c1ccc(OC(C)C)c(NC(=O)C(C)C)c1. The molecule has 0 bridgehead atoms. The molecule has 1 amide bonds. The fourth-order valence-corrected chi connectivity index (χ4v) is 1.48. The Labute approximate surface area is 114 Å². The van der Waals surface area contributed by atoms with Crippen molar-refractivity contribution in [1.29, 1.82) is 0 Å². The molecule has 0 aliphatic carbocycles. The molecule has 1 rings (SSSR count). The van der Waals surface area contributed by atoms with Crippen molar-refractivity contribution >= 4 is 17.4 Å². The van der Waals surface area contributed by atoms with Crippen LogP contribution in [0.25, 0.3) is 0 Å². The number of rotatable bonds is 5. The van der Waals surface area contributed by atoms with Gasteiger partial charge >= 0.3 is 0 Å². The zero-order chi connectivity index (χ0) is 14.6. The minimum atomic E-state index is -0.132. The molecular formula is C15H21NO3. The Balaban J connectivity index is 3.10. The largest absolute Gasteiger partial charge is 0.489 e. The number of anilines is 1. The number of nitrogens with one attached hydrogen (secondary N) is 1. The third kappa shape index (κ3) is 4.39. The second kappa shape index (κ2) is 6.36. The van der Waals surface area contributed by atoms with E-state index in [1.807, 2.05) is 27.7 Å². The lowest BCUT2D eigenvalue weighted by atomic mass is 10.1. The molecule has 0 heterocycles. The lowest BCUT2D eigenvalue weighted by Crippen LogP contribution is -2.19. The first-order chi connectivity index (χ1) is 8.81. The number of hydrogen-bond acceptors (Lipinski definition) is 3. The molecule has 0 unspecified atom stereocenters. The van der Waals surface area contributed by atoms with E-state index in [4.69, 9.17) is 4.74 Å². The molecule has 0 aromatic heterocycles. The lowest BCUT2D eigenvalue weighted by molar-refractivity contribution is -0.118. The Bertz CT molecular complexity index is 478. The summed E-state index contributed by atoms with van der Waals surface area (Å²) in [4.78, 5) is 23.2. The van der Waals surface area contributed by atoms with Crippen LogP contribution in [0.1, 0.15) is 45.0 Å². The molecule has 0 aliphatic heterocycles. The van der Waals surface area contributed by atoms with Crippen molar-refractivity contribution in [3.05, 3.63) is 23.8 Å². The van der Waals surface area contributed by atoms with E-state index in [2.05, 4.69) is 5.32 Å². The van der Waals surface area contributed by atoms with Crippen LogP contribution in [0.5, 0.6) is 5.75 Å². The number of Topliss-reactive ketones (excluding diaryl/α,β-unsaturated/α-hetero) is 1. The van der Waals surface area contributed by atoms with Gasteiger partial charge in [-0.1, -0.05) is 13.8 Å². The molecule has 0 saturated carbocycles. The summed E-state index contributed by atoms with van der Waals surface area (Å²) in [5, 5.41) is 2.79. The first-order valence-corrected chi connectivity index (χ1v) is 6.43. The minimum Gasteiger partial charge on any atom is -0.489 e. The van der Waals surface area contributed by atoms with E-state index in [1.54, 1.807) is 18.2 Å². The maximum absolute atomic E-state index is 11.8. The van der Waals surface area contributed by atoms with Gasteiger partial charge in [-0.25, -0.2) is 0 Å². The van der Waals surface area contributed by atoms with Gasteiger partial charge in [0.2, 0.25) is 5.91 Å². The zero-order valence-electron chi connectivity index (χ0n) is 12.1. The van der Waals surface area contributed by atoms with E-state index in [-0.39, 0.29) is 23.7 Å². The molecule has 1 N–H and O–H groups in total. The summed E-state index contributed by atoms with van der Waals surface area (Å²) in [6.45, 7) is 8.94. The Hall–Kier alpha value is -1.84. The van der Waals surface area contributed by atoms with Crippen LogP contribution in [0.4, 0.5) is 5.69 Å². The van der Waals surface area contributed by atoms with Gasteiger partial charge in [-0.3, -0.25) is 9.59 Å². The molecule has 1 aromatic carbocycles. The van der Waals surface area contributed by atoms with E-state index in [0.29, 0.717) is 17.0 Å². The summed E-state index contributed by atoms with van der Waals surface area (Å²) in [6, 6.07) is 5.07. The Morgan fingerprint density at radius 1 is 1.16 bits per heavy atom. The van der Waals surface area contributed by atoms with Crippen LogP contribution in [-0.4, -0.2) is 17.8 Å². The molecule has 0 radical (unpaired) electrons. The maximum atomic E-state index is 11.8. The van der Waals surface area contributed by atoms with Crippen LogP contribution < -0.4 is 10.1 Å². The van der Waals surface area contributed by atoms with Crippen LogP contribution in [-0.2, 0) is 4.79 Å². The summed E-state index contributed by atoms with van der Waals surface area (Å²) in [7, 11) is 0. The second-order valence-electron chi connectivity index (χ2n) is 5.08. The number of hydrogen-bond donors (Lipinski definition) is 1. The quantitative estimate of drug-likeness (QED) is 0.829. The molecule has 0 fully saturated rings. The van der Waals surface area contributed by atoms with Gasteiger partial charge < -0.3 is 10.1 Å². The number of carbonyl (C=O) groups is 2. The normalized spacial score (nSPS) is 10.7. The highest BCUT2D eigenvalue weighted by Crippen LogP contribution is 2.27. The van der Waals surface area contributed by atoms with Gasteiger partial charge in [0.25, 0.3) is 0 Å².